The molecule has 1 heterocycles. The standard InChI is InChI=1S/C10H9F2N3O2S/c1-6-13-5-10(14-6)18(16,17)15-9-4-7(11)2-3-8(9)12/h2-5,15H,1H3,(H,13,14). The number of aromatic nitrogens is 2. The molecule has 18 heavy (non-hydrogen) atoms. The summed E-state index contributed by atoms with van der Waals surface area (Å²) >= 11 is 0. The highest BCUT2D eigenvalue weighted by atomic mass is 32.2. The monoisotopic (exact) mass is 273 g/mol. The van der Waals surface area contributed by atoms with E-state index in [9.17, 15) is 17.2 Å². The zero-order valence-electron chi connectivity index (χ0n) is 9.24. The van der Waals surface area contributed by atoms with E-state index < -0.39 is 27.3 Å². The van der Waals surface area contributed by atoms with Gasteiger partial charge in [-0.15, -0.1) is 0 Å². The average molecular weight is 273 g/mol. The molecule has 0 radical (unpaired) electrons. The van der Waals surface area contributed by atoms with Crippen molar-refractivity contribution in [3.05, 3.63) is 41.9 Å². The van der Waals surface area contributed by atoms with Crippen LogP contribution in [0.25, 0.3) is 0 Å². The quantitative estimate of drug-likeness (QED) is 0.895. The maximum Gasteiger partial charge on any atom is 0.279 e. The van der Waals surface area contributed by atoms with Crippen LogP contribution in [-0.4, -0.2) is 18.4 Å². The fourth-order valence-corrected chi connectivity index (χ4v) is 2.34. The number of sulfonamides is 1. The molecular weight excluding hydrogens is 264 g/mol. The van der Waals surface area contributed by atoms with Crippen LogP contribution in [0.1, 0.15) is 5.82 Å². The Kier molecular flexibility index (Phi) is 3.04. The van der Waals surface area contributed by atoms with Gasteiger partial charge in [-0.2, -0.15) is 8.42 Å². The van der Waals surface area contributed by atoms with Gasteiger partial charge >= 0.3 is 0 Å². The van der Waals surface area contributed by atoms with E-state index in [1.165, 1.54) is 0 Å². The Morgan fingerprint density at radius 3 is 2.67 bits per heavy atom. The molecule has 0 spiro atoms. The molecule has 0 saturated carbocycles. The second-order valence-electron chi connectivity index (χ2n) is 3.56. The van der Waals surface area contributed by atoms with Crippen LogP contribution < -0.4 is 4.72 Å². The minimum atomic E-state index is -4.01. The Hall–Kier alpha value is -1.96. The van der Waals surface area contributed by atoms with Gasteiger partial charge in [-0.3, -0.25) is 4.72 Å². The number of rotatable bonds is 3. The molecular formula is C10H9F2N3O2S. The summed E-state index contributed by atoms with van der Waals surface area (Å²) in [5, 5.41) is -0.219. The van der Waals surface area contributed by atoms with Crippen molar-refractivity contribution in [2.24, 2.45) is 0 Å². The number of hydrogen-bond acceptors (Lipinski definition) is 3. The van der Waals surface area contributed by atoms with Crippen LogP contribution in [0, 0.1) is 18.6 Å². The van der Waals surface area contributed by atoms with E-state index in [-0.39, 0.29) is 5.03 Å². The number of H-pyrrole nitrogens is 1. The van der Waals surface area contributed by atoms with Gasteiger partial charge in [0, 0.05) is 6.07 Å². The van der Waals surface area contributed by atoms with E-state index in [4.69, 9.17) is 0 Å². The third kappa shape index (κ3) is 2.48. The van der Waals surface area contributed by atoms with Gasteiger partial charge in [-0.05, 0) is 19.1 Å². The summed E-state index contributed by atoms with van der Waals surface area (Å²) in [6, 6.07) is 2.50. The zero-order chi connectivity index (χ0) is 13.3. The van der Waals surface area contributed by atoms with Crippen molar-refractivity contribution >= 4 is 15.7 Å². The van der Waals surface area contributed by atoms with Crippen molar-refractivity contribution in [3.8, 4) is 0 Å². The molecule has 1 aromatic carbocycles. The molecule has 96 valence electrons. The molecule has 2 aromatic rings. The summed E-state index contributed by atoms with van der Waals surface area (Å²) < 4.78 is 51.8. The summed E-state index contributed by atoms with van der Waals surface area (Å²) in [7, 11) is -4.01. The van der Waals surface area contributed by atoms with Gasteiger partial charge in [0.25, 0.3) is 10.0 Å². The van der Waals surface area contributed by atoms with Gasteiger partial charge in [0.2, 0.25) is 0 Å². The van der Waals surface area contributed by atoms with E-state index in [0.29, 0.717) is 5.82 Å². The number of benzene rings is 1. The van der Waals surface area contributed by atoms with Gasteiger partial charge in [0.1, 0.15) is 17.5 Å². The number of aromatic amines is 1. The lowest BCUT2D eigenvalue weighted by atomic mass is 10.3. The summed E-state index contributed by atoms with van der Waals surface area (Å²) in [6.07, 6.45) is 1.09. The van der Waals surface area contributed by atoms with Crippen molar-refractivity contribution in [1.29, 1.82) is 0 Å². The Morgan fingerprint density at radius 1 is 1.33 bits per heavy atom. The van der Waals surface area contributed by atoms with Gasteiger partial charge in [0.05, 0.1) is 11.9 Å². The van der Waals surface area contributed by atoms with Crippen LogP contribution in [0.2, 0.25) is 0 Å². The lowest BCUT2D eigenvalue weighted by molar-refractivity contribution is 0.592. The molecule has 0 saturated heterocycles. The second-order valence-corrected chi connectivity index (χ2v) is 5.21. The number of nitrogens with one attached hydrogen (secondary N) is 2. The lowest BCUT2D eigenvalue weighted by Crippen LogP contribution is -2.14. The molecule has 0 bridgehead atoms. The summed E-state index contributed by atoms with van der Waals surface area (Å²) in [5.74, 6) is -1.21. The van der Waals surface area contributed by atoms with E-state index in [2.05, 4.69) is 9.97 Å². The molecule has 2 rings (SSSR count). The van der Waals surface area contributed by atoms with E-state index in [1.807, 2.05) is 4.72 Å². The largest absolute Gasteiger partial charge is 0.332 e. The molecule has 0 aliphatic rings. The van der Waals surface area contributed by atoms with Crippen LogP contribution in [0.4, 0.5) is 14.5 Å². The molecule has 2 N–H and O–H groups in total. The number of anilines is 1. The predicted octanol–water partition coefficient (Wildman–Crippen LogP) is 1.80. The normalized spacial score (nSPS) is 11.5. The molecule has 0 aliphatic carbocycles. The second kappa shape index (κ2) is 4.37. The van der Waals surface area contributed by atoms with Crippen LogP contribution >= 0.6 is 0 Å². The molecule has 0 fully saturated rings. The van der Waals surface area contributed by atoms with Gasteiger partial charge in [0.15, 0.2) is 5.03 Å². The average Bonchev–Trinajstić information content (AvgIpc) is 2.71. The third-order valence-corrected chi connectivity index (χ3v) is 3.42. The fourth-order valence-electron chi connectivity index (χ4n) is 1.31. The highest BCUT2D eigenvalue weighted by Crippen LogP contribution is 2.19. The Bertz CT molecular complexity index is 682. The first-order valence-electron chi connectivity index (χ1n) is 4.88. The lowest BCUT2D eigenvalue weighted by Gasteiger charge is -2.07. The topological polar surface area (TPSA) is 74.8 Å². The van der Waals surface area contributed by atoms with Gasteiger partial charge in [-0.1, -0.05) is 0 Å². The molecule has 0 amide bonds. The molecule has 0 aliphatic heterocycles. The van der Waals surface area contributed by atoms with Gasteiger partial charge in [-0.25, -0.2) is 13.8 Å². The first-order chi connectivity index (χ1) is 8.38. The fraction of sp³-hybridized carbons (Fsp3) is 0.100. The van der Waals surface area contributed by atoms with Crippen molar-refractivity contribution < 1.29 is 17.2 Å². The van der Waals surface area contributed by atoms with Crippen LogP contribution in [0.3, 0.4) is 0 Å². The van der Waals surface area contributed by atoms with E-state index >= 15 is 0 Å². The zero-order valence-corrected chi connectivity index (χ0v) is 10.1. The minimum Gasteiger partial charge on any atom is -0.332 e. The van der Waals surface area contributed by atoms with Crippen LogP contribution in [0.5, 0.6) is 0 Å². The number of imidazole rings is 1. The van der Waals surface area contributed by atoms with Crippen molar-refractivity contribution in [3.63, 3.8) is 0 Å². The number of aryl methyl sites for hydroxylation is 1. The maximum absolute atomic E-state index is 13.3. The SMILES string of the molecule is Cc1ncc(S(=O)(=O)Nc2cc(F)ccc2F)[nH]1. The molecule has 1 aromatic heterocycles. The Morgan fingerprint density at radius 2 is 2.06 bits per heavy atom. The van der Waals surface area contributed by atoms with Crippen molar-refractivity contribution in [1.82, 2.24) is 9.97 Å². The first-order valence-corrected chi connectivity index (χ1v) is 6.36. The summed E-state index contributed by atoms with van der Waals surface area (Å²) in [6.45, 7) is 1.57. The number of nitrogens with zero attached hydrogens (tertiary/aromatic N) is 1. The third-order valence-electron chi connectivity index (χ3n) is 2.14. The maximum atomic E-state index is 13.3. The molecule has 0 atom stereocenters. The molecule has 0 unspecified atom stereocenters. The number of halogens is 2. The van der Waals surface area contributed by atoms with Gasteiger partial charge < -0.3 is 4.98 Å². The smallest absolute Gasteiger partial charge is 0.279 e. The predicted molar refractivity (Wildman–Crippen MR) is 60.5 cm³/mol. The van der Waals surface area contributed by atoms with Crippen LogP contribution in [-0.2, 0) is 10.0 Å². The highest BCUT2D eigenvalue weighted by Gasteiger charge is 2.18. The summed E-state index contributed by atoms with van der Waals surface area (Å²) in [5.41, 5.74) is -0.456. The van der Waals surface area contributed by atoms with Crippen molar-refractivity contribution in [2.45, 2.75) is 11.9 Å². The summed E-state index contributed by atoms with van der Waals surface area (Å²) in [4.78, 5) is 6.21. The number of hydrogen-bond donors (Lipinski definition) is 2. The van der Waals surface area contributed by atoms with E-state index in [1.54, 1.807) is 6.92 Å². The first kappa shape index (κ1) is 12.5. The van der Waals surface area contributed by atoms with Crippen molar-refractivity contribution in [2.75, 3.05) is 4.72 Å². The Labute approximate surface area is 102 Å². The molecule has 5 nitrogen and oxygen atoms in total. The van der Waals surface area contributed by atoms with Crippen LogP contribution in [0.15, 0.2) is 29.4 Å². The minimum absolute atomic E-state index is 0.219. The van der Waals surface area contributed by atoms with E-state index in [0.717, 1.165) is 24.4 Å². The molecule has 8 heteroatoms. The highest BCUT2D eigenvalue weighted by molar-refractivity contribution is 7.92. The Balaban J connectivity index is 2.36.